The Balaban J connectivity index is 3.45. The molecule has 0 bridgehead atoms. The number of hydrogen-bond donors (Lipinski definition) is 2. The van der Waals surface area contributed by atoms with Crippen LogP contribution < -0.4 is 0 Å². The lowest BCUT2D eigenvalue weighted by Gasteiger charge is -2.02. The van der Waals surface area contributed by atoms with Gasteiger partial charge >= 0.3 is 5.97 Å². The number of allylic oxidation sites excluding steroid dienone is 5. The summed E-state index contributed by atoms with van der Waals surface area (Å²) in [6.07, 6.45) is 22.5. The van der Waals surface area contributed by atoms with Crippen molar-refractivity contribution >= 4 is 5.97 Å². The molecule has 0 aromatic heterocycles. The molecule has 0 heterocycles. The second-order valence-electron chi connectivity index (χ2n) is 5.93. The zero-order valence-corrected chi connectivity index (χ0v) is 14.6. The molecular weight excluding hydrogens is 288 g/mol. The largest absolute Gasteiger partial charge is 0.481 e. The maximum Gasteiger partial charge on any atom is 0.303 e. The summed E-state index contributed by atoms with van der Waals surface area (Å²) in [7, 11) is 0. The fraction of sp³-hybridized carbons (Fsp3) is 0.650. The third kappa shape index (κ3) is 18.6. The minimum atomic E-state index is -0.695. The van der Waals surface area contributed by atoms with Gasteiger partial charge in [0.1, 0.15) is 0 Å². The molecule has 0 rings (SSSR count). The zero-order chi connectivity index (χ0) is 17.2. The lowest BCUT2D eigenvalue weighted by Crippen LogP contribution is -2.00. The fourth-order valence-corrected chi connectivity index (χ4v) is 2.23. The molecule has 0 spiro atoms. The molecule has 0 aliphatic carbocycles. The first-order chi connectivity index (χ1) is 11.2. The van der Waals surface area contributed by atoms with Gasteiger partial charge in [-0.05, 0) is 32.1 Å². The lowest BCUT2D eigenvalue weighted by molar-refractivity contribution is -0.137. The number of hydrogen-bond acceptors (Lipinski definition) is 2. The maximum atomic E-state index is 10.3. The number of rotatable bonds is 15. The number of carboxylic acids is 1. The van der Waals surface area contributed by atoms with Crippen LogP contribution in [0.4, 0.5) is 0 Å². The van der Waals surface area contributed by atoms with Crippen LogP contribution in [0.5, 0.6) is 0 Å². The van der Waals surface area contributed by atoms with Crippen molar-refractivity contribution in [3.05, 3.63) is 36.5 Å². The molecular formula is C20H34O3. The number of carbonyl (C=O) groups is 1. The predicted molar refractivity (Wildman–Crippen MR) is 97.5 cm³/mol. The summed E-state index contributed by atoms with van der Waals surface area (Å²) < 4.78 is 0. The Labute approximate surface area is 141 Å². The predicted octanol–water partition coefficient (Wildman–Crippen LogP) is 5.41. The molecule has 3 nitrogen and oxygen atoms in total. The number of carboxylic acid groups (broad SMARTS) is 1. The van der Waals surface area contributed by atoms with Crippen molar-refractivity contribution in [2.75, 3.05) is 0 Å². The van der Waals surface area contributed by atoms with Gasteiger partial charge in [-0.2, -0.15) is 0 Å². The number of aliphatic hydroxyl groups excluding tert-OH is 1. The smallest absolute Gasteiger partial charge is 0.303 e. The minimum Gasteiger partial charge on any atom is -0.481 e. The lowest BCUT2D eigenvalue weighted by atomic mass is 10.1. The van der Waals surface area contributed by atoms with Gasteiger partial charge in [0.05, 0.1) is 6.10 Å². The monoisotopic (exact) mass is 322 g/mol. The molecule has 2 N–H and O–H groups in total. The van der Waals surface area contributed by atoms with Crippen LogP contribution in [0.25, 0.3) is 0 Å². The van der Waals surface area contributed by atoms with Gasteiger partial charge in [0.2, 0.25) is 0 Å². The Morgan fingerprint density at radius 2 is 1.74 bits per heavy atom. The molecule has 0 saturated carbocycles. The standard InChI is InChI=1S/C20H34O3/c1-2-3-13-16-19(21)17-14-11-9-7-5-4-6-8-10-12-15-18-20(22)23/h4-5,9,11,14,17,19,21H,2-3,6-8,10,12-13,15-16,18H2,1H3,(H,22,23)/b5-4-,11-9-,17-14+/t19-/m1/s1. The highest BCUT2D eigenvalue weighted by atomic mass is 16.4. The third-order valence-electron chi connectivity index (χ3n) is 3.63. The van der Waals surface area contributed by atoms with Crippen molar-refractivity contribution < 1.29 is 15.0 Å². The van der Waals surface area contributed by atoms with Crippen LogP contribution in [0.15, 0.2) is 36.5 Å². The second-order valence-corrected chi connectivity index (χ2v) is 5.93. The van der Waals surface area contributed by atoms with Crippen molar-refractivity contribution in [1.82, 2.24) is 0 Å². The quantitative estimate of drug-likeness (QED) is 0.241. The first-order valence-electron chi connectivity index (χ1n) is 9.05. The summed E-state index contributed by atoms with van der Waals surface area (Å²) in [5, 5.41) is 18.2. The molecule has 3 heteroatoms. The second kappa shape index (κ2) is 17.0. The van der Waals surface area contributed by atoms with Crippen LogP contribution in [0, 0.1) is 0 Å². The zero-order valence-electron chi connectivity index (χ0n) is 14.6. The van der Waals surface area contributed by atoms with Crippen LogP contribution >= 0.6 is 0 Å². The van der Waals surface area contributed by atoms with Crippen LogP contribution in [-0.4, -0.2) is 22.3 Å². The maximum absolute atomic E-state index is 10.3. The van der Waals surface area contributed by atoms with Crippen LogP contribution in [-0.2, 0) is 4.79 Å². The molecule has 0 aromatic carbocycles. The molecule has 23 heavy (non-hydrogen) atoms. The van der Waals surface area contributed by atoms with Gasteiger partial charge in [0.25, 0.3) is 0 Å². The summed E-state index contributed by atoms with van der Waals surface area (Å²) in [6.45, 7) is 2.16. The van der Waals surface area contributed by atoms with Crippen LogP contribution in [0.2, 0.25) is 0 Å². The van der Waals surface area contributed by atoms with Gasteiger partial charge in [0, 0.05) is 6.42 Å². The van der Waals surface area contributed by atoms with Crippen molar-refractivity contribution in [3.63, 3.8) is 0 Å². The number of unbranched alkanes of at least 4 members (excludes halogenated alkanes) is 6. The summed E-state index contributed by atoms with van der Waals surface area (Å²) in [4.78, 5) is 10.3. The average Bonchev–Trinajstić information content (AvgIpc) is 2.51. The summed E-state index contributed by atoms with van der Waals surface area (Å²) >= 11 is 0. The molecule has 0 unspecified atom stereocenters. The van der Waals surface area contributed by atoms with Crippen molar-refractivity contribution in [1.29, 1.82) is 0 Å². The van der Waals surface area contributed by atoms with Crippen molar-refractivity contribution in [3.8, 4) is 0 Å². The van der Waals surface area contributed by atoms with E-state index in [0.717, 1.165) is 51.4 Å². The van der Waals surface area contributed by atoms with E-state index >= 15 is 0 Å². The fourth-order valence-electron chi connectivity index (χ4n) is 2.23. The molecule has 0 amide bonds. The average molecular weight is 322 g/mol. The van der Waals surface area contributed by atoms with E-state index in [0.29, 0.717) is 6.42 Å². The van der Waals surface area contributed by atoms with Gasteiger partial charge in [0.15, 0.2) is 0 Å². The normalized spacial score (nSPS) is 13.5. The van der Waals surface area contributed by atoms with Gasteiger partial charge < -0.3 is 10.2 Å². The van der Waals surface area contributed by atoms with Crippen molar-refractivity contribution in [2.45, 2.75) is 83.7 Å². The highest BCUT2D eigenvalue weighted by Crippen LogP contribution is 2.06. The Morgan fingerprint density at radius 3 is 2.48 bits per heavy atom. The van der Waals surface area contributed by atoms with E-state index in [9.17, 15) is 9.90 Å². The van der Waals surface area contributed by atoms with Gasteiger partial charge in [-0.15, -0.1) is 0 Å². The Bertz CT molecular complexity index is 356. The molecule has 0 aromatic rings. The topological polar surface area (TPSA) is 57.5 Å². The van der Waals surface area contributed by atoms with E-state index in [2.05, 4.69) is 25.2 Å². The van der Waals surface area contributed by atoms with E-state index in [1.54, 1.807) is 0 Å². The van der Waals surface area contributed by atoms with Crippen LogP contribution in [0.1, 0.15) is 77.6 Å². The summed E-state index contributed by atoms with van der Waals surface area (Å²) in [5.74, 6) is -0.695. The van der Waals surface area contributed by atoms with E-state index in [1.807, 2.05) is 18.2 Å². The Hall–Kier alpha value is -1.35. The third-order valence-corrected chi connectivity index (χ3v) is 3.63. The highest BCUT2D eigenvalue weighted by molar-refractivity contribution is 5.66. The van der Waals surface area contributed by atoms with Crippen LogP contribution in [0.3, 0.4) is 0 Å². The summed E-state index contributed by atoms with van der Waals surface area (Å²) in [5.41, 5.74) is 0. The first-order valence-corrected chi connectivity index (χ1v) is 9.05. The number of aliphatic hydroxyl groups is 1. The molecule has 132 valence electrons. The SMILES string of the molecule is CCCCC[C@@H](O)/C=C/C=C\C/C=C\CCCCCCC(=O)O. The van der Waals surface area contributed by atoms with Crippen molar-refractivity contribution in [2.24, 2.45) is 0 Å². The van der Waals surface area contributed by atoms with E-state index in [4.69, 9.17) is 5.11 Å². The highest BCUT2D eigenvalue weighted by Gasteiger charge is 1.96. The molecule has 1 atom stereocenters. The number of aliphatic carboxylic acids is 1. The molecule has 0 radical (unpaired) electrons. The minimum absolute atomic E-state index is 0.293. The van der Waals surface area contributed by atoms with E-state index in [1.165, 1.54) is 12.8 Å². The molecule has 0 saturated heterocycles. The Kier molecular flexibility index (Phi) is 16.0. The van der Waals surface area contributed by atoms with Gasteiger partial charge in [-0.3, -0.25) is 4.79 Å². The van der Waals surface area contributed by atoms with Gasteiger partial charge in [-0.1, -0.05) is 75.5 Å². The molecule has 0 aliphatic heterocycles. The molecule has 0 fully saturated rings. The van der Waals surface area contributed by atoms with E-state index < -0.39 is 5.97 Å². The summed E-state index contributed by atoms with van der Waals surface area (Å²) in [6, 6.07) is 0. The van der Waals surface area contributed by atoms with E-state index in [-0.39, 0.29) is 6.10 Å². The Morgan fingerprint density at radius 1 is 0.957 bits per heavy atom. The first kappa shape index (κ1) is 21.6. The molecule has 0 aliphatic rings. The van der Waals surface area contributed by atoms with Gasteiger partial charge in [-0.25, -0.2) is 0 Å².